The molecule has 332 valence electrons. The van der Waals surface area contributed by atoms with Crippen LogP contribution >= 0.6 is 11.3 Å². The molecule has 15 heteroatoms. The van der Waals surface area contributed by atoms with Gasteiger partial charge in [-0.15, -0.1) is 11.3 Å². The number of nitrogens with zero attached hydrogens (tertiary/aromatic N) is 4. The van der Waals surface area contributed by atoms with Crippen LogP contribution in [0.15, 0.2) is 48.5 Å². The number of Topliss-reactive ketones (excluding diaryl/α,β-unsaturated/α-hetero) is 2. The molecular weight excluding hydrogens is 832 g/mol. The molecular formula is C48H52F3N5O6S. The average molecular weight is 884 g/mol. The van der Waals surface area contributed by atoms with Crippen LogP contribution < -0.4 is 5.32 Å². The summed E-state index contributed by atoms with van der Waals surface area (Å²) in [7, 11) is 0. The number of anilines is 1. The predicted octanol–water partition coefficient (Wildman–Crippen LogP) is 8.88. The number of unbranched alkanes of at least 4 members (excludes halogenated alkanes) is 1. The number of aliphatic hydroxyl groups is 1. The second kappa shape index (κ2) is 16.6. The number of nitrogens with one attached hydrogen (secondary N) is 1. The van der Waals surface area contributed by atoms with Crippen LogP contribution in [0.2, 0.25) is 0 Å². The van der Waals surface area contributed by atoms with Crippen LogP contribution in [0.25, 0.3) is 10.2 Å². The number of benzene rings is 2. The fourth-order valence-electron chi connectivity index (χ4n) is 11.0. The van der Waals surface area contributed by atoms with Gasteiger partial charge in [-0.25, -0.2) is 9.97 Å². The van der Waals surface area contributed by atoms with E-state index >= 15 is 0 Å². The van der Waals surface area contributed by atoms with Crippen LogP contribution in [-0.4, -0.2) is 79.8 Å². The van der Waals surface area contributed by atoms with E-state index in [2.05, 4.69) is 15.2 Å². The molecule has 0 bridgehead atoms. The zero-order valence-electron chi connectivity index (χ0n) is 35.6. The number of aromatic nitrogens is 2. The summed E-state index contributed by atoms with van der Waals surface area (Å²) in [4.78, 5) is 76.3. The molecule has 9 rings (SSSR count). The zero-order chi connectivity index (χ0) is 44.4. The molecule has 11 nitrogen and oxygen atoms in total. The van der Waals surface area contributed by atoms with Gasteiger partial charge in [0.05, 0.1) is 44.4 Å². The first-order chi connectivity index (χ1) is 29.9. The number of alkyl halides is 3. The molecule has 2 aliphatic heterocycles. The van der Waals surface area contributed by atoms with E-state index in [0.29, 0.717) is 51.6 Å². The number of aryl methyl sites for hydroxylation is 1. The lowest BCUT2D eigenvalue weighted by Crippen LogP contribution is -2.62. The molecule has 4 heterocycles. The number of likely N-dealkylation sites (tertiary alicyclic amines) is 1. The van der Waals surface area contributed by atoms with E-state index in [0.717, 1.165) is 103 Å². The molecule has 1 saturated heterocycles. The van der Waals surface area contributed by atoms with Crippen LogP contribution in [0.4, 0.5) is 18.9 Å². The van der Waals surface area contributed by atoms with Gasteiger partial charge >= 0.3 is 6.18 Å². The molecule has 5 aliphatic rings. The maximum absolute atomic E-state index is 13.5. The summed E-state index contributed by atoms with van der Waals surface area (Å²) < 4.78 is 40.6. The second-order valence-corrected chi connectivity index (χ2v) is 20.4. The van der Waals surface area contributed by atoms with E-state index in [9.17, 15) is 42.3 Å². The Morgan fingerprint density at radius 1 is 0.921 bits per heavy atom. The van der Waals surface area contributed by atoms with Crippen molar-refractivity contribution in [1.29, 1.82) is 0 Å². The first-order valence-corrected chi connectivity index (χ1v) is 23.1. The van der Waals surface area contributed by atoms with E-state index < -0.39 is 41.2 Å². The fraction of sp³-hybridized carbons (Fsp3) is 0.521. The van der Waals surface area contributed by atoms with Crippen LogP contribution in [0.1, 0.15) is 150 Å². The minimum absolute atomic E-state index is 0.141. The summed E-state index contributed by atoms with van der Waals surface area (Å²) in [5, 5.41) is 14.7. The van der Waals surface area contributed by atoms with Gasteiger partial charge in [0.1, 0.15) is 17.2 Å². The number of thiazole rings is 1. The van der Waals surface area contributed by atoms with Crippen LogP contribution in [-0.2, 0) is 27.8 Å². The number of hydrogen-bond acceptors (Lipinski definition) is 10. The van der Waals surface area contributed by atoms with Crippen molar-refractivity contribution < 1.29 is 42.3 Å². The van der Waals surface area contributed by atoms with E-state index in [-0.39, 0.29) is 36.5 Å². The fourth-order valence-corrected chi connectivity index (χ4v) is 12.2. The highest BCUT2D eigenvalue weighted by atomic mass is 32.1. The second-order valence-electron chi connectivity index (χ2n) is 19.3. The first-order valence-electron chi connectivity index (χ1n) is 22.2. The Bertz CT molecular complexity index is 2490. The first kappa shape index (κ1) is 43.4. The number of carbonyl (C=O) groups is 5. The van der Waals surface area contributed by atoms with Crippen molar-refractivity contribution in [1.82, 2.24) is 19.8 Å². The lowest BCUT2D eigenvalue weighted by molar-refractivity contribution is -0.141. The molecule has 63 heavy (non-hydrogen) atoms. The summed E-state index contributed by atoms with van der Waals surface area (Å²) in [6, 6.07) is 11.2. The number of halogens is 3. The molecule has 3 aliphatic carbocycles. The Morgan fingerprint density at radius 3 is 2.38 bits per heavy atom. The molecule has 3 saturated carbocycles. The molecule has 3 amide bonds. The Labute approximate surface area is 367 Å². The van der Waals surface area contributed by atoms with Crippen LogP contribution in [0, 0.1) is 17.3 Å². The lowest BCUT2D eigenvalue weighted by Gasteiger charge is -2.60. The molecule has 4 fully saturated rings. The number of ketones is 2. The summed E-state index contributed by atoms with van der Waals surface area (Å²) in [6.45, 7) is 6.61. The Balaban J connectivity index is 0.717. The Morgan fingerprint density at radius 2 is 1.67 bits per heavy atom. The third-order valence-corrected chi connectivity index (χ3v) is 15.3. The van der Waals surface area contributed by atoms with Crippen molar-refractivity contribution in [3.63, 3.8) is 0 Å². The topological polar surface area (TPSA) is 150 Å². The number of imide groups is 1. The minimum Gasteiger partial charge on any atom is -0.386 e. The third kappa shape index (κ3) is 8.72. The van der Waals surface area contributed by atoms with Gasteiger partial charge in [-0.3, -0.25) is 28.9 Å². The number of fused-ring (bicyclic) bond motifs is 2. The molecule has 1 atom stereocenters. The number of pyridine rings is 1. The van der Waals surface area contributed by atoms with Gasteiger partial charge in [0.2, 0.25) is 0 Å². The van der Waals surface area contributed by atoms with E-state index in [1.807, 2.05) is 12.1 Å². The van der Waals surface area contributed by atoms with Gasteiger partial charge in [-0.1, -0.05) is 31.0 Å². The summed E-state index contributed by atoms with van der Waals surface area (Å²) in [5.41, 5.74) is 0.639. The Hall–Kier alpha value is -4.86. The molecule has 1 unspecified atom stereocenters. The third-order valence-electron chi connectivity index (χ3n) is 14.1. The van der Waals surface area contributed by atoms with Crippen molar-refractivity contribution in [2.45, 2.75) is 121 Å². The SMILES string of the molecule is CC(C)(O)c1cc2nc(C3CCC(CN4CC5(CC(CCCCc6cccc7c6C(=O)N(C6CCC(=O)CC6=O)C7=O)C5)C4)CC3)sc2cc1NC(=O)c1cccc(C(F)(F)F)n1. The average Bonchev–Trinajstić information content (AvgIpc) is 3.74. The predicted molar refractivity (Wildman–Crippen MR) is 231 cm³/mol. The van der Waals surface area contributed by atoms with Crippen molar-refractivity contribution in [3.05, 3.63) is 87.2 Å². The lowest BCUT2D eigenvalue weighted by atomic mass is 9.56. The van der Waals surface area contributed by atoms with Crippen LogP contribution in [0.5, 0.6) is 0 Å². The van der Waals surface area contributed by atoms with Crippen molar-refractivity contribution >= 4 is 56.5 Å². The van der Waals surface area contributed by atoms with Crippen molar-refractivity contribution in [2.75, 3.05) is 25.0 Å². The van der Waals surface area contributed by atoms with Crippen molar-refractivity contribution in [3.8, 4) is 0 Å². The maximum atomic E-state index is 13.5. The van der Waals surface area contributed by atoms with Crippen LogP contribution in [0.3, 0.4) is 0 Å². The standard InChI is InChI=1S/C48H52F3N5O6S/c1-46(2,62)33-20-36-39(21-35(33)53-42(59)34-11-6-12-40(52-34)48(49,50)51)63-43(54-36)30-15-13-27(14-16-30)24-55-25-47(26-55)22-28(23-47)7-3-4-8-29-9-5-10-32-41(29)45(61)56(44(32)60)37-18-17-31(57)19-38(37)58/h5-6,9-12,20-21,27-28,30,37,62H,3-4,7-8,13-19,22-26H2,1-2H3,(H,53,59). The van der Waals surface area contributed by atoms with E-state index in [1.165, 1.54) is 18.9 Å². The van der Waals surface area contributed by atoms with Gasteiger partial charge < -0.3 is 15.3 Å². The summed E-state index contributed by atoms with van der Waals surface area (Å²) >= 11 is 1.56. The molecule has 1 spiro atoms. The zero-order valence-corrected chi connectivity index (χ0v) is 36.4. The van der Waals surface area contributed by atoms with Gasteiger partial charge in [-0.05, 0) is 125 Å². The van der Waals surface area contributed by atoms with E-state index in [1.54, 1.807) is 43.4 Å². The van der Waals surface area contributed by atoms with E-state index in [4.69, 9.17) is 4.98 Å². The molecule has 2 aromatic heterocycles. The normalized spacial score (nSPS) is 23.0. The number of rotatable bonds is 12. The maximum Gasteiger partial charge on any atom is 0.433 e. The Kier molecular flexibility index (Phi) is 11.4. The summed E-state index contributed by atoms with van der Waals surface area (Å²) in [6.07, 6.45) is 6.18. The molecule has 2 N–H and O–H groups in total. The summed E-state index contributed by atoms with van der Waals surface area (Å²) in [5.74, 6) is -0.454. The van der Waals surface area contributed by atoms with Gasteiger partial charge in [0.25, 0.3) is 17.7 Å². The molecule has 2 aromatic carbocycles. The minimum atomic E-state index is -4.69. The highest BCUT2D eigenvalue weighted by Crippen LogP contribution is 2.54. The molecule has 0 radical (unpaired) electrons. The monoisotopic (exact) mass is 883 g/mol. The van der Waals surface area contributed by atoms with Gasteiger partial charge in [-0.2, -0.15) is 13.2 Å². The van der Waals surface area contributed by atoms with Gasteiger partial charge in [0, 0.05) is 43.2 Å². The van der Waals surface area contributed by atoms with Gasteiger partial charge in [0.15, 0.2) is 5.78 Å². The number of amides is 3. The smallest absolute Gasteiger partial charge is 0.386 e. The quantitative estimate of drug-likeness (QED) is 0.0808. The molecule has 4 aromatic rings. The number of carbonyl (C=O) groups excluding carboxylic acids is 5. The highest BCUT2D eigenvalue weighted by molar-refractivity contribution is 7.18. The highest BCUT2D eigenvalue weighted by Gasteiger charge is 2.52. The van der Waals surface area contributed by atoms with Crippen molar-refractivity contribution in [2.24, 2.45) is 17.3 Å². The largest absolute Gasteiger partial charge is 0.433 e. The number of hydrogen-bond donors (Lipinski definition) is 2.